The van der Waals surface area contributed by atoms with Crippen LogP contribution in [0.3, 0.4) is 0 Å². The summed E-state index contributed by atoms with van der Waals surface area (Å²) in [5.41, 5.74) is 4.41. The average molecular weight is 309 g/mol. The van der Waals surface area contributed by atoms with Gasteiger partial charge in [0.25, 0.3) is 0 Å². The van der Waals surface area contributed by atoms with E-state index in [0.717, 1.165) is 22.3 Å². The number of hydrogen-bond acceptors (Lipinski definition) is 2. The van der Waals surface area contributed by atoms with Crippen molar-refractivity contribution in [2.45, 2.75) is 0 Å². The van der Waals surface area contributed by atoms with Crippen LogP contribution in [0.5, 0.6) is 0 Å². The van der Waals surface area contributed by atoms with E-state index in [1.54, 1.807) is 12.1 Å². The van der Waals surface area contributed by atoms with Crippen LogP contribution in [0.4, 0.5) is 0 Å². The summed E-state index contributed by atoms with van der Waals surface area (Å²) in [6, 6.07) is 23.2. The molecular weight excluding hydrogens is 294 g/mol. The molecule has 0 atom stereocenters. The van der Waals surface area contributed by atoms with Crippen LogP contribution in [0.1, 0.15) is 0 Å². The summed E-state index contributed by atoms with van der Waals surface area (Å²) >= 11 is 6.12. The molecule has 3 rings (SSSR count). The second-order valence-electron chi connectivity index (χ2n) is 5.06. The van der Waals surface area contributed by atoms with Crippen LogP contribution in [0, 0.1) is 0 Å². The summed E-state index contributed by atoms with van der Waals surface area (Å²) in [5.74, 6) is 0. The highest BCUT2D eigenvalue weighted by atomic mass is 35.5. The van der Waals surface area contributed by atoms with E-state index in [0.29, 0.717) is 10.5 Å². The molecule has 0 fully saturated rings. The molecule has 0 spiro atoms. The van der Waals surface area contributed by atoms with E-state index >= 15 is 0 Å². The molecule has 0 bridgehead atoms. The highest BCUT2D eigenvalue weighted by molar-refractivity contribution is 6.59. The summed E-state index contributed by atoms with van der Waals surface area (Å²) in [5, 5.41) is 19.3. The number of halogens is 1. The number of rotatable bonds is 3. The van der Waals surface area contributed by atoms with Gasteiger partial charge in [0.15, 0.2) is 0 Å². The van der Waals surface area contributed by atoms with Gasteiger partial charge in [-0.05, 0) is 39.8 Å². The molecule has 0 saturated carbocycles. The van der Waals surface area contributed by atoms with Crippen molar-refractivity contribution in [1.29, 1.82) is 0 Å². The Balaban J connectivity index is 2.18. The van der Waals surface area contributed by atoms with E-state index in [2.05, 4.69) is 0 Å². The van der Waals surface area contributed by atoms with Gasteiger partial charge in [0.2, 0.25) is 0 Å². The second kappa shape index (κ2) is 6.36. The number of hydrogen-bond donors (Lipinski definition) is 2. The molecule has 2 nitrogen and oxygen atoms in total. The van der Waals surface area contributed by atoms with Gasteiger partial charge in [0.05, 0.1) is 0 Å². The highest BCUT2D eigenvalue weighted by Gasteiger charge is 2.15. The van der Waals surface area contributed by atoms with E-state index in [9.17, 15) is 10.0 Å². The third kappa shape index (κ3) is 3.07. The van der Waals surface area contributed by atoms with Gasteiger partial charge < -0.3 is 10.0 Å². The Morgan fingerprint density at radius 2 is 1.27 bits per heavy atom. The third-order valence-corrected chi connectivity index (χ3v) is 3.76. The predicted molar refractivity (Wildman–Crippen MR) is 92.1 cm³/mol. The molecule has 0 radical (unpaired) electrons. The van der Waals surface area contributed by atoms with Gasteiger partial charge in [0.1, 0.15) is 0 Å². The smallest absolute Gasteiger partial charge is 0.423 e. The van der Waals surface area contributed by atoms with Crippen LogP contribution in [-0.2, 0) is 0 Å². The fourth-order valence-electron chi connectivity index (χ4n) is 2.52. The zero-order valence-electron chi connectivity index (χ0n) is 11.8. The quantitative estimate of drug-likeness (QED) is 0.729. The lowest BCUT2D eigenvalue weighted by molar-refractivity contribution is 0.426. The zero-order valence-corrected chi connectivity index (χ0v) is 12.5. The van der Waals surface area contributed by atoms with Crippen molar-refractivity contribution in [2.75, 3.05) is 0 Å². The Morgan fingerprint density at radius 3 is 1.91 bits per heavy atom. The monoisotopic (exact) mass is 308 g/mol. The van der Waals surface area contributed by atoms with Crippen molar-refractivity contribution in [3.8, 4) is 22.3 Å². The lowest BCUT2D eigenvalue weighted by Crippen LogP contribution is -2.29. The van der Waals surface area contributed by atoms with Crippen molar-refractivity contribution in [2.24, 2.45) is 0 Å². The van der Waals surface area contributed by atoms with E-state index in [4.69, 9.17) is 11.6 Å². The Hall–Kier alpha value is -2.07. The van der Waals surface area contributed by atoms with E-state index in [-0.39, 0.29) is 0 Å². The maximum atomic E-state index is 9.40. The molecule has 108 valence electrons. The first-order chi connectivity index (χ1) is 10.6. The van der Waals surface area contributed by atoms with Gasteiger partial charge in [-0.1, -0.05) is 72.3 Å². The topological polar surface area (TPSA) is 40.5 Å². The van der Waals surface area contributed by atoms with Crippen molar-refractivity contribution in [3.05, 3.63) is 77.8 Å². The lowest BCUT2D eigenvalue weighted by Gasteiger charge is -2.12. The van der Waals surface area contributed by atoms with Gasteiger partial charge >= 0.3 is 7.12 Å². The molecular formula is C18H14BClO2. The van der Waals surface area contributed by atoms with Gasteiger partial charge in [0, 0.05) is 5.02 Å². The second-order valence-corrected chi connectivity index (χ2v) is 5.49. The standard InChI is InChI=1S/C18H14BClO2/c20-16-11-14(10-15(12-16)19(21)22)18-9-5-4-8-17(18)13-6-2-1-3-7-13/h1-12,21-22H. The summed E-state index contributed by atoms with van der Waals surface area (Å²) in [4.78, 5) is 0. The largest absolute Gasteiger partial charge is 0.488 e. The average Bonchev–Trinajstić information content (AvgIpc) is 2.55. The minimum absolute atomic E-state index is 0.380. The van der Waals surface area contributed by atoms with Gasteiger partial charge in [-0.3, -0.25) is 0 Å². The molecule has 22 heavy (non-hydrogen) atoms. The van der Waals surface area contributed by atoms with E-state index in [1.165, 1.54) is 0 Å². The van der Waals surface area contributed by atoms with Crippen LogP contribution in [0.15, 0.2) is 72.8 Å². The summed E-state index contributed by atoms with van der Waals surface area (Å²) in [6.45, 7) is 0. The first kappa shape index (κ1) is 14.9. The minimum atomic E-state index is -1.54. The molecule has 0 unspecified atom stereocenters. The summed E-state index contributed by atoms with van der Waals surface area (Å²) in [6.07, 6.45) is 0. The molecule has 0 heterocycles. The molecule has 2 N–H and O–H groups in total. The maximum absolute atomic E-state index is 9.40. The first-order valence-corrected chi connectivity index (χ1v) is 7.34. The maximum Gasteiger partial charge on any atom is 0.488 e. The summed E-state index contributed by atoms with van der Waals surface area (Å²) in [7, 11) is -1.54. The van der Waals surface area contributed by atoms with Crippen molar-refractivity contribution >= 4 is 24.2 Å². The van der Waals surface area contributed by atoms with Gasteiger partial charge in [-0.2, -0.15) is 0 Å². The first-order valence-electron chi connectivity index (χ1n) is 6.96. The molecule has 0 aliphatic rings. The fourth-order valence-corrected chi connectivity index (χ4v) is 2.76. The molecule has 4 heteroatoms. The molecule has 0 aliphatic carbocycles. The molecule has 0 amide bonds. The SMILES string of the molecule is OB(O)c1cc(Cl)cc(-c2ccccc2-c2ccccc2)c1. The summed E-state index contributed by atoms with van der Waals surface area (Å²) < 4.78 is 0. The Morgan fingerprint density at radius 1 is 0.682 bits per heavy atom. The Bertz CT molecular complexity index is 788. The van der Waals surface area contributed by atoms with E-state index < -0.39 is 7.12 Å². The van der Waals surface area contributed by atoms with Crippen LogP contribution in [-0.4, -0.2) is 17.2 Å². The normalized spacial score (nSPS) is 10.5. The third-order valence-electron chi connectivity index (χ3n) is 3.54. The van der Waals surface area contributed by atoms with Crippen molar-refractivity contribution in [1.82, 2.24) is 0 Å². The zero-order chi connectivity index (χ0) is 15.5. The van der Waals surface area contributed by atoms with E-state index in [1.807, 2.05) is 60.7 Å². The lowest BCUT2D eigenvalue weighted by atomic mass is 9.78. The van der Waals surface area contributed by atoms with Gasteiger partial charge in [-0.25, -0.2) is 0 Å². The van der Waals surface area contributed by atoms with Crippen LogP contribution < -0.4 is 5.46 Å². The van der Waals surface area contributed by atoms with Gasteiger partial charge in [-0.15, -0.1) is 0 Å². The van der Waals surface area contributed by atoms with Crippen molar-refractivity contribution in [3.63, 3.8) is 0 Å². The van der Waals surface area contributed by atoms with Crippen LogP contribution in [0.2, 0.25) is 5.02 Å². The van der Waals surface area contributed by atoms with Crippen LogP contribution >= 0.6 is 11.6 Å². The molecule has 3 aromatic rings. The van der Waals surface area contributed by atoms with Crippen molar-refractivity contribution < 1.29 is 10.0 Å². The Kier molecular flexibility index (Phi) is 4.30. The van der Waals surface area contributed by atoms with Crippen LogP contribution in [0.25, 0.3) is 22.3 Å². The molecule has 3 aromatic carbocycles. The minimum Gasteiger partial charge on any atom is -0.423 e. The highest BCUT2D eigenvalue weighted by Crippen LogP contribution is 2.32. The number of benzene rings is 3. The molecule has 0 saturated heterocycles. The molecule has 0 aromatic heterocycles. The fraction of sp³-hybridized carbons (Fsp3) is 0. The predicted octanol–water partition coefficient (Wildman–Crippen LogP) is 3.35. The Labute approximate surface area is 134 Å². The molecule has 0 aliphatic heterocycles.